The van der Waals surface area contributed by atoms with Crippen LogP contribution in [0, 0.1) is 11.3 Å². The summed E-state index contributed by atoms with van der Waals surface area (Å²) in [7, 11) is 0. The highest BCUT2D eigenvalue weighted by Crippen LogP contribution is 2.36. The van der Waals surface area contributed by atoms with Crippen molar-refractivity contribution < 1.29 is 28.2 Å². The second-order valence-corrected chi connectivity index (χ2v) is 5.18. The van der Waals surface area contributed by atoms with Crippen molar-refractivity contribution in [3.05, 3.63) is 40.6 Å². The molecule has 25 heavy (non-hydrogen) atoms. The molecule has 0 aromatic heterocycles. The van der Waals surface area contributed by atoms with E-state index in [1.807, 2.05) is 0 Å². The fraction of sp³-hybridized carbons (Fsp3) is 0.333. The molecule has 0 bridgehead atoms. The van der Waals surface area contributed by atoms with E-state index in [1.54, 1.807) is 6.07 Å². The number of benzene rings is 1. The number of aliphatic hydroxyl groups is 2. The van der Waals surface area contributed by atoms with Gasteiger partial charge in [0.05, 0.1) is 24.5 Å². The number of amides is 1. The van der Waals surface area contributed by atoms with Crippen LogP contribution in [0.4, 0.5) is 18.9 Å². The number of alkyl halides is 3. The zero-order valence-electron chi connectivity index (χ0n) is 12.8. The van der Waals surface area contributed by atoms with Crippen LogP contribution >= 0.6 is 11.6 Å². The van der Waals surface area contributed by atoms with E-state index >= 15 is 0 Å². The molecule has 0 spiro atoms. The van der Waals surface area contributed by atoms with E-state index in [0.717, 1.165) is 23.2 Å². The van der Waals surface area contributed by atoms with Crippen LogP contribution in [-0.2, 0) is 11.0 Å². The van der Waals surface area contributed by atoms with E-state index in [1.165, 1.54) is 6.07 Å². The number of nitrogens with zero attached hydrogens (tertiary/aromatic N) is 2. The molecule has 1 aromatic rings. The van der Waals surface area contributed by atoms with Gasteiger partial charge in [-0.1, -0.05) is 11.6 Å². The minimum Gasteiger partial charge on any atom is -0.395 e. The fourth-order valence-corrected chi connectivity index (χ4v) is 2.07. The first-order valence-electron chi connectivity index (χ1n) is 6.99. The van der Waals surface area contributed by atoms with Gasteiger partial charge < -0.3 is 20.4 Å². The van der Waals surface area contributed by atoms with Crippen molar-refractivity contribution in [3.63, 3.8) is 0 Å². The Labute approximate surface area is 146 Å². The molecule has 0 aliphatic carbocycles. The normalized spacial score (nSPS) is 11.8. The number of carbonyl (C=O) groups is 1. The van der Waals surface area contributed by atoms with Crippen LogP contribution in [0.25, 0.3) is 0 Å². The molecular formula is C15H15ClF3N3O3. The highest BCUT2D eigenvalue weighted by Gasteiger charge is 2.33. The number of anilines is 1. The summed E-state index contributed by atoms with van der Waals surface area (Å²) < 4.78 is 39.0. The predicted molar refractivity (Wildman–Crippen MR) is 84.5 cm³/mol. The van der Waals surface area contributed by atoms with E-state index in [-0.39, 0.29) is 23.8 Å². The van der Waals surface area contributed by atoms with Crippen molar-refractivity contribution in [1.82, 2.24) is 4.90 Å². The average Bonchev–Trinajstić information content (AvgIpc) is 2.55. The Morgan fingerprint density at radius 3 is 2.40 bits per heavy atom. The quantitative estimate of drug-likeness (QED) is 0.499. The Bertz CT molecular complexity index is 681. The number of halogens is 4. The highest BCUT2D eigenvalue weighted by atomic mass is 35.5. The van der Waals surface area contributed by atoms with Crippen molar-refractivity contribution in [2.45, 2.75) is 6.18 Å². The summed E-state index contributed by atoms with van der Waals surface area (Å²) in [6, 6.07) is 4.59. The Morgan fingerprint density at radius 1 is 1.32 bits per heavy atom. The number of rotatable bonds is 7. The second-order valence-electron chi connectivity index (χ2n) is 4.74. The van der Waals surface area contributed by atoms with E-state index in [2.05, 4.69) is 5.32 Å². The monoisotopic (exact) mass is 377 g/mol. The van der Waals surface area contributed by atoms with Crippen molar-refractivity contribution in [1.29, 1.82) is 5.26 Å². The van der Waals surface area contributed by atoms with E-state index in [0.29, 0.717) is 0 Å². The smallest absolute Gasteiger partial charge is 0.395 e. The third-order valence-corrected chi connectivity index (χ3v) is 3.27. The zero-order chi connectivity index (χ0) is 19.0. The van der Waals surface area contributed by atoms with Crippen molar-refractivity contribution >= 4 is 23.2 Å². The number of hydrogen-bond acceptors (Lipinski definition) is 5. The molecule has 3 N–H and O–H groups in total. The van der Waals surface area contributed by atoms with Gasteiger partial charge in [-0.05, 0) is 18.2 Å². The average molecular weight is 378 g/mol. The molecule has 0 radical (unpaired) electrons. The molecule has 0 heterocycles. The maximum atomic E-state index is 13.0. The topological polar surface area (TPSA) is 96.6 Å². The third-order valence-electron chi connectivity index (χ3n) is 3.04. The number of nitriles is 1. The van der Waals surface area contributed by atoms with Gasteiger partial charge in [-0.2, -0.15) is 18.4 Å². The molecule has 0 aliphatic rings. The predicted octanol–water partition coefficient (Wildman–Crippen LogP) is 1.99. The standard InChI is InChI=1S/C15H15ClF3N3O3/c16-11-1-2-13(12(7-11)15(17,18)19)21-9-10(8-20)14(25)22(3-5-23)4-6-24/h1-2,7,9,21,23-24H,3-6H2/b10-9-. The van der Waals surface area contributed by atoms with Crippen molar-refractivity contribution in [2.24, 2.45) is 0 Å². The molecule has 6 nitrogen and oxygen atoms in total. The molecule has 0 atom stereocenters. The molecule has 10 heteroatoms. The van der Waals surface area contributed by atoms with Gasteiger partial charge in [-0.15, -0.1) is 0 Å². The lowest BCUT2D eigenvalue weighted by Crippen LogP contribution is -2.36. The lowest BCUT2D eigenvalue weighted by molar-refractivity contribution is -0.137. The van der Waals surface area contributed by atoms with Gasteiger partial charge in [-0.3, -0.25) is 4.79 Å². The second kappa shape index (κ2) is 9.27. The fourth-order valence-electron chi connectivity index (χ4n) is 1.90. The Hall–Kier alpha value is -2.28. The van der Waals surface area contributed by atoms with Crippen LogP contribution in [-0.4, -0.2) is 47.3 Å². The van der Waals surface area contributed by atoms with Crippen molar-refractivity contribution in [3.8, 4) is 6.07 Å². The van der Waals surface area contributed by atoms with Crippen LogP contribution in [0.2, 0.25) is 5.02 Å². The van der Waals surface area contributed by atoms with Gasteiger partial charge in [0.2, 0.25) is 0 Å². The Kier molecular flexibility index (Phi) is 7.70. The van der Waals surface area contributed by atoms with Gasteiger partial charge in [0.15, 0.2) is 0 Å². The Balaban J connectivity index is 3.10. The molecule has 1 amide bonds. The maximum Gasteiger partial charge on any atom is 0.418 e. The molecule has 0 aliphatic heterocycles. The van der Waals surface area contributed by atoms with E-state index < -0.39 is 36.4 Å². The summed E-state index contributed by atoms with van der Waals surface area (Å²) in [6.07, 6.45) is -3.85. The summed E-state index contributed by atoms with van der Waals surface area (Å²) in [5, 5.41) is 29.0. The van der Waals surface area contributed by atoms with Gasteiger partial charge in [0, 0.05) is 24.3 Å². The van der Waals surface area contributed by atoms with Crippen LogP contribution in [0.5, 0.6) is 0 Å². The van der Waals surface area contributed by atoms with Gasteiger partial charge in [0.1, 0.15) is 11.6 Å². The number of carbonyl (C=O) groups excluding carboxylic acids is 1. The first kappa shape index (κ1) is 20.8. The third kappa shape index (κ3) is 5.94. The minimum atomic E-state index is -4.68. The molecule has 0 saturated heterocycles. The molecule has 0 unspecified atom stereocenters. The number of nitrogens with one attached hydrogen (secondary N) is 1. The number of aliphatic hydroxyl groups excluding tert-OH is 2. The first-order chi connectivity index (χ1) is 11.7. The lowest BCUT2D eigenvalue weighted by atomic mass is 10.1. The Morgan fingerprint density at radius 2 is 1.92 bits per heavy atom. The van der Waals surface area contributed by atoms with Crippen LogP contribution < -0.4 is 5.32 Å². The van der Waals surface area contributed by atoms with Gasteiger partial charge in [-0.25, -0.2) is 0 Å². The van der Waals surface area contributed by atoms with Gasteiger partial charge >= 0.3 is 6.18 Å². The zero-order valence-corrected chi connectivity index (χ0v) is 13.6. The van der Waals surface area contributed by atoms with Crippen LogP contribution in [0.15, 0.2) is 30.0 Å². The van der Waals surface area contributed by atoms with Crippen LogP contribution in [0.3, 0.4) is 0 Å². The van der Waals surface area contributed by atoms with E-state index in [9.17, 15) is 18.0 Å². The number of hydrogen-bond donors (Lipinski definition) is 3. The van der Waals surface area contributed by atoms with Gasteiger partial charge in [0.25, 0.3) is 5.91 Å². The van der Waals surface area contributed by atoms with Crippen molar-refractivity contribution in [2.75, 3.05) is 31.6 Å². The maximum absolute atomic E-state index is 13.0. The summed E-state index contributed by atoms with van der Waals surface area (Å²) in [5.74, 6) is -0.833. The summed E-state index contributed by atoms with van der Waals surface area (Å²) in [6.45, 7) is -1.05. The largest absolute Gasteiger partial charge is 0.418 e. The molecule has 0 fully saturated rings. The minimum absolute atomic E-state index is 0.115. The molecule has 1 aromatic carbocycles. The summed E-state index contributed by atoms with van der Waals surface area (Å²) in [4.78, 5) is 13.1. The van der Waals surface area contributed by atoms with E-state index in [4.69, 9.17) is 27.1 Å². The first-order valence-corrected chi connectivity index (χ1v) is 7.37. The molecule has 136 valence electrons. The lowest BCUT2D eigenvalue weighted by Gasteiger charge is -2.20. The SMILES string of the molecule is N#C/C(=C/Nc1ccc(Cl)cc1C(F)(F)F)C(=O)N(CCO)CCO. The molecular weight excluding hydrogens is 363 g/mol. The molecule has 1 rings (SSSR count). The summed E-state index contributed by atoms with van der Waals surface area (Å²) in [5.41, 5.74) is -1.91. The highest BCUT2D eigenvalue weighted by molar-refractivity contribution is 6.30. The summed E-state index contributed by atoms with van der Waals surface area (Å²) >= 11 is 5.57. The van der Waals surface area contributed by atoms with Crippen LogP contribution in [0.1, 0.15) is 5.56 Å². The molecule has 0 saturated carbocycles.